The number of hydrogen-bond acceptors (Lipinski definition) is 4. The third-order valence-corrected chi connectivity index (χ3v) is 5.19. The van der Waals surface area contributed by atoms with E-state index >= 15 is 0 Å². The Bertz CT molecular complexity index is 369. The number of carbonyl (C=O) groups is 1. The van der Waals surface area contributed by atoms with E-state index in [0.717, 1.165) is 37.6 Å². The zero-order valence-electron chi connectivity index (χ0n) is 13.9. The van der Waals surface area contributed by atoms with Crippen LogP contribution in [0.15, 0.2) is 0 Å². The molecule has 2 rings (SSSR count). The van der Waals surface area contributed by atoms with E-state index in [1.807, 2.05) is 20.8 Å². The van der Waals surface area contributed by atoms with E-state index in [9.17, 15) is 4.79 Å². The van der Waals surface area contributed by atoms with Gasteiger partial charge in [0.25, 0.3) is 0 Å². The molecule has 1 amide bonds. The molecule has 0 saturated carbocycles. The molecule has 5 nitrogen and oxygen atoms in total. The number of likely N-dealkylation sites (tertiary alicyclic amines) is 1. The van der Waals surface area contributed by atoms with Gasteiger partial charge in [-0.25, -0.2) is 4.79 Å². The summed E-state index contributed by atoms with van der Waals surface area (Å²) in [5.41, 5.74) is -0.637. The SMILES string of the molecule is CC(C)(C)OC(=O)N1CCC(CBr)(OCC2CCCO2)CC1. The second-order valence-electron chi connectivity index (χ2n) is 7.23. The molecular formula is C16H28BrNO4. The van der Waals surface area contributed by atoms with Gasteiger partial charge in [-0.05, 0) is 46.5 Å². The number of amides is 1. The first-order valence-electron chi connectivity index (χ1n) is 8.13. The van der Waals surface area contributed by atoms with E-state index in [2.05, 4.69) is 15.9 Å². The molecule has 0 N–H and O–H groups in total. The maximum Gasteiger partial charge on any atom is 0.410 e. The summed E-state index contributed by atoms with van der Waals surface area (Å²) < 4.78 is 17.2. The van der Waals surface area contributed by atoms with Gasteiger partial charge in [0.05, 0.1) is 18.3 Å². The van der Waals surface area contributed by atoms with Gasteiger partial charge in [0.2, 0.25) is 0 Å². The number of alkyl halides is 1. The number of nitrogens with zero attached hydrogens (tertiary/aromatic N) is 1. The van der Waals surface area contributed by atoms with E-state index in [1.54, 1.807) is 4.90 Å². The van der Waals surface area contributed by atoms with Gasteiger partial charge >= 0.3 is 6.09 Å². The molecule has 1 atom stereocenters. The first-order chi connectivity index (χ1) is 10.3. The van der Waals surface area contributed by atoms with Gasteiger partial charge in [-0.15, -0.1) is 0 Å². The van der Waals surface area contributed by atoms with Crippen LogP contribution in [0.1, 0.15) is 46.5 Å². The molecule has 0 bridgehead atoms. The lowest BCUT2D eigenvalue weighted by Crippen LogP contribution is -2.50. The maximum absolute atomic E-state index is 12.1. The number of carbonyl (C=O) groups excluding carboxylic acids is 1. The number of piperidine rings is 1. The Balaban J connectivity index is 1.81. The number of halogens is 1. The molecule has 6 heteroatoms. The van der Waals surface area contributed by atoms with Crippen LogP contribution in [0, 0.1) is 0 Å². The Morgan fingerprint density at radius 2 is 2.05 bits per heavy atom. The molecule has 0 aromatic heterocycles. The fourth-order valence-electron chi connectivity index (χ4n) is 2.79. The van der Waals surface area contributed by atoms with Crippen molar-refractivity contribution < 1.29 is 19.0 Å². The van der Waals surface area contributed by atoms with Crippen molar-refractivity contribution in [3.05, 3.63) is 0 Å². The van der Waals surface area contributed by atoms with Gasteiger partial charge < -0.3 is 19.1 Å². The molecular weight excluding hydrogens is 350 g/mol. The number of rotatable bonds is 4. The van der Waals surface area contributed by atoms with Crippen molar-refractivity contribution in [2.24, 2.45) is 0 Å². The van der Waals surface area contributed by atoms with Gasteiger partial charge in [-0.3, -0.25) is 0 Å². The first kappa shape index (κ1) is 18.0. The molecule has 0 aromatic carbocycles. The number of ether oxygens (including phenoxy) is 3. The minimum absolute atomic E-state index is 0.190. The standard InChI is InChI=1S/C16H28BrNO4/c1-15(2,3)22-14(19)18-8-6-16(12-17,7-9-18)21-11-13-5-4-10-20-13/h13H,4-12H2,1-3H3. The Labute approximate surface area is 141 Å². The average Bonchev–Trinajstić information content (AvgIpc) is 2.97. The van der Waals surface area contributed by atoms with Gasteiger partial charge in [0.1, 0.15) is 5.60 Å². The molecule has 2 heterocycles. The third kappa shape index (κ3) is 5.10. The van der Waals surface area contributed by atoms with Crippen LogP contribution < -0.4 is 0 Å². The van der Waals surface area contributed by atoms with Crippen LogP contribution in [-0.2, 0) is 14.2 Å². The highest BCUT2D eigenvalue weighted by atomic mass is 79.9. The highest BCUT2D eigenvalue weighted by Crippen LogP contribution is 2.30. The Morgan fingerprint density at radius 1 is 1.36 bits per heavy atom. The van der Waals surface area contributed by atoms with Crippen LogP contribution in [0.25, 0.3) is 0 Å². The van der Waals surface area contributed by atoms with Gasteiger partial charge in [-0.1, -0.05) is 15.9 Å². The summed E-state index contributed by atoms with van der Waals surface area (Å²) in [5, 5.41) is 0.787. The average molecular weight is 378 g/mol. The van der Waals surface area contributed by atoms with Crippen LogP contribution in [0.2, 0.25) is 0 Å². The monoisotopic (exact) mass is 377 g/mol. The largest absolute Gasteiger partial charge is 0.444 e. The van der Waals surface area contributed by atoms with Crippen molar-refractivity contribution >= 4 is 22.0 Å². The Morgan fingerprint density at radius 3 is 2.55 bits per heavy atom. The zero-order valence-corrected chi connectivity index (χ0v) is 15.5. The van der Waals surface area contributed by atoms with Crippen molar-refractivity contribution in [1.29, 1.82) is 0 Å². The third-order valence-electron chi connectivity index (χ3n) is 4.17. The topological polar surface area (TPSA) is 48.0 Å². The highest BCUT2D eigenvalue weighted by molar-refractivity contribution is 9.09. The predicted octanol–water partition coefficient (Wildman–Crippen LogP) is 3.35. The van der Waals surface area contributed by atoms with E-state index in [-0.39, 0.29) is 17.8 Å². The summed E-state index contributed by atoms with van der Waals surface area (Å²) in [4.78, 5) is 13.9. The number of hydrogen-bond donors (Lipinski definition) is 0. The molecule has 0 radical (unpaired) electrons. The lowest BCUT2D eigenvalue weighted by molar-refractivity contribution is -0.0973. The molecule has 2 fully saturated rings. The summed E-state index contributed by atoms with van der Waals surface area (Å²) >= 11 is 3.58. The van der Waals surface area contributed by atoms with Crippen molar-refractivity contribution in [2.75, 3.05) is 31.6 Å². The quantitative estimate of drug-likeness (QED) is 0.704. The van der Waals surface area contributed by atoms with Crippen molar-refractivity contribution in [2.45, 2.75) is 63.8 Å². The van der Waals surface area contributed by atoms with Gasteiger partial charge in [0.15, 0.2) is 0 Å². The Kier molecular flexibility index (Phi) is 6.14. The smallest absolute Gasteiger partial charge is 0.410 e. The van der Waals surface area contributed by atoms with Gasteiger partial charge in [-0.2, -0.15) is 0 Å². The summed E-state index contributed by atoms with van der Waals surface area (Å²) in [7, 11) is 0. The summed E-state index contributed by atoms with van der Waals surface area (Å²) in [6.45, 7) is 8.52. The van der Waals surface area contributed by atoms with Crippen LogP contribution in [0.5, 0.6) is 0 Å². The molecule has 2 aliphatic heterocycles. The summed E-state index contributed by atoms with van der Waals surface area (Å²) in [6.07, 6.45) is 3.87. The van der Waals surface area contributed by atoms with Crippen LogP contribution in [0.3, 0.4) is 0 Å². The minimum Gasteiger partial charge on any atom is -0.444 e. The summed E-state index contributed by atoms with van der Waals surface area (Å²) in [5.74, 6) is 0. The van der Waals surface area contributed by atoms with Crippen LogP contribution in [0.4, 0.5) is 4.79 Å². The second kappa shape index (κ2) is 7.49. The van der Waals surface area contributed by atoms with Crippen molar-refractivity contribution in [3.8, 4) is 0 Å². The lowest BCUT2D eigenvalue weighted by atomic mass is 9.93. The van der Waals surface area contributed by atoms with Crippen LogP contribution >= 0.6 is 15.9 Å². The molecule has 1 unspecified atom stereocenters. The highest BCUT2D eigenvalue weighted by Gasteiger charge is 2.38. The molecule has 0 aromatic rings. The molecule has 0 aliphatic carbocycles. The fraction of sp³-hybridized carbons (Fsp3) is 0.938. The molecule has 128 valence electrons. The molecule has 0 spiro atoms. The zero-order chi connectivity index (χ0) is 16.2. The van der Waals surface area contributed by atoms with E-state index in [1.165, 1.54) is 0 Å². The van der Waals surface area contributed by atoms with E-state index < -0.39 is 5.60 Å². The Hall–Kier alpha value is -0.330. The first-order valence-corrected chi connectivity index (χ1v) is 9.25. The minimum atomic E-state index is -0.447. The summed E-state index contributed by atoms with van der Waals surface area (Å²) in [6, 6.07) is 0. The molecule has 2 aliphatic rings. The van der Waals surface area contributed by atoms with E-state index in [4.69, 9.17) is 14.2 Å². The lowest BCUT2D eigenvalue weighted by Gasteiger charge is -2.41. The normalized spacial score (nSPS) is 25.3. The van der Waals surface area contributed by atoms with Crippen molar-refractivity contribution in [3.63, 3.8) is 0 Å². The van der Waals surface area contributed by atoms with Crippen molar-refractivity contribution in [1.82, 2.24) is 4.90 Å². The fourth-order valence-corrected chi connectivity index (χ4v) is 3.51. The van der Waals surface area contributed by atoms with E-state index in [0.29, 0.717) is 19.7 Å². The predicted molar refractivity (Wildman–Crippen MR) is 88.5 cm³/mol. The second-order valence-corrected chi connectivity index (χ2v) is 7.79. The molecule has 2 saturated heterocycles. The molecule has 22 heavy (non-hydrogen) atoms. The maximum atomic E-state index is 12.1. The van der Waals surface area contributed by atoms with Gasteiger partial charge in [0, 0.05) is 25.0 Å². The van der Waals surface area contributed by atoms with Crippen LogP contribution in [-0.4, -0.2) is 59.9 Å².